The van der Waals surface area contributed by atoms with Crippen LogP contribution in [-0.2, 0) is 6.54 Å². The molecule has 1 heterocycles. The molecule has 0 bridgehead atoms. The Balaban J connectivity index is 1.81. The van der Waals surface area contributed by atoms with Gasteiger partial charge in [-0.25, -0.2) is 4.98 Å². The summed E-state index contributed by atoms with van der Waals surface area (Å²) in [6.07, 6.45) is 1.72. The molecule has 100 valence electrons. The molecule has 0 radical (unpaired) electrons. The number of anilines is 2. The normalized spacial score (nSPS) is 10.7. The number of nitrogens with one attached hydrogen (secondary N) is 1. The number of aromatic nitrogens is 1. The lowest BCUT2D eigenvalue weighted by Gasteiger charge is -2.08. The van der Waals surface area contributed by atoms with Crippen molar-refractivity contribution in [2.75, 3.05) is 11.1 Å². The average Bonchev–Trinajstić information content (AvgIpc) is 2.47. The largest absolute Gasteiger partial charge is 0.383 e. The van der Waals surface area contributed by atoms with E-state index < -0.39 is 0 Å². The van der Waals surface area contributed by atoms with Crippen LogP contribution in [0, 0.1) is 0 Å². The Kier molecular flexibility index (Phi) is 3.44. The number of benzene rings is 2. The molecular weight excluding hydrogens is 270 g/mol. The van der Waals surface area contributed by atoms with E-state index in [1.54, 1.807) is 6.20 Å². The fourth-order valence-electron chi connectivity index (χ4n) is 2.11. The van der Waals surface area contributed by atoms with Crippen LogP contribution in [-0.4, -0.2) is 4.98 Å². The van der Waals surface area contributed by atoms with E-state index in [-0.39, 0.29) is 0 Å². The van der Waals surface area contributed by atoms with E-state index in [9.17, 15) is 0 Å². The molecule has 1 aromatic heterocycles. The van der Waals surface area contributed by atoms with Crippen LogP contribution in [0.1, 0.15) is 5.56 Å². The third kappa shape index (κ3) is 2.68. The third-order valence-corrected chi connectivity index (χ3v) is 3.46. The van der Waals surface area contributed by atoms with Gasteiger partial charge in [-0.3, -0.25) is 0 Å². The molecule has 0 spiro atoms. The summed E-state index contributed by atoms with van der Waals surface area (Å²) in [7, 11) is 0. The van der Waals surface area contributed by atoms with Gasteiger partial charge in [0.15, 0.2) is 0 Å². The van der Waals surface area contributed by atoms with Crippen LogP contribution in [0.3, 0.4) is 0 Å². The first-order valence-electron chi connectivity index (χ1n) is 6.35. The maximum absolute atomic E-state index is 5.90. The van der Waals surface area contributed by atoms with Crippen molar-refractivity contribution in [2.45, 2.75) is 6.54 Å². The predicted octanol–water partition coefficient (Wildman–Crippen LogP) is 4.08. The van der Waals surface area contributed by atoms with E-state index in [4.69, 9.17) is 17.3 Å². The van der Waals surface area contributed by atoms with Gasteiger partial charge in [-0.15, -0.1) is 0 Å². The second-order valence-electron chi connectivity index (χ2n) is 4.61. The summed E-state index contributed by atoms with van der Waals surface area (Å²) in [5, 5.41) is 6.18. The molecule has 0 saturated carbocycles. The smallest absolute Gasteiger partial charge is 0.131 e. The lowest BCUT2D eigenvalue weighted by Crippen LogP contribution is -1.99. The Bertz CT molecular complexity index is 738. The first kappa shape index (κ1) is 12.8. The topological polar surface area (TPSA) is 50.9 Å². The number of nitrogens with zero attached hydrogens (tertiary/aromatic N) is 1. The molecule has 0 unspecified atom stereocenters. The fourth-order valence-corrected chi connectivity index (χ4v) is 2.23. The standard InChI is InChI=1S/C16H14ClN3/c17-13-4-1-11(2-5-13)10-20-14-6-3-12-7-8-19-16(18)15(12)9-14/h1-9,20H,10H2,(H2,18,19). The molecule has 3 nitrogen and oxygen atoms in total. The van der Waals surface area contributed by atoms with Gasteiger partial charge in [0.05, 0.1) is 0 Å². The number of hydrogen-bond donors (Lipinski definition) is 2. The zero-order chi connectivity index (χ0) is 13.9. The van der Waals surface area contributed by atoms with Crippen molar-refractivity contribution in [3.63, 3.8) is 0 Å². The number of fused-ring (bicyclic) bond motifs is 1. The Morgan fingerprint density at radius 1 is 1.05 bits per heavy atom. The minimum atomic E-state index is 0.553. The molecule has 2 aromatic carbocycles. The summed E-state index contributed by atoms with van der Waals surface area (Å²) in [6, 6.07) is 15.8. The molecule has 4 heteroatoms. The van der Waals surface area contributed by atoms with Gasteiger partial charge in [0, 0.05) is 28.8 Å². The average molecular weight is 284 g/mol. The molecule has 0 saturated heterocycles. The van der Waals surface area contributed by atoms with Gasteiger partial charge in [-0.2, -0.15) is 0 Å². The maximum Gasteiger partial charge on any atom is 0.131 e. The van der Waals surface area contributed by atoms with Crippen LogP contribution < -0.4 is 11.1 Å². The second-order valence-corrected chi connectivity index (χ2v) is 5.05. The van der Waals surface area contributed by atoms with Crippen LogP contribution in [0.5, 0.6) is 0 Å². The Labute approximate surface area is 122 Å². The van der Waals surface area contributed by atoms with Crippen molar-refractivity contribution in [2.24, 2.45) is 0 Å². The first-order valence-corrected chi connectivity index (χ1v) is 6.73. The van der Waals surface area contributed by atoms with Crippen LogP contribution in [0.25, 0.3) is 10.8 Å². The van der Waals surface area contributed by atoms with Gasteiger partial charge >= 0.3 is 0 Å². The maximum atomic E-state index is 5.90. The Morgan fingerprint density at radius 2 is 1.85 bits per heavy atom. The number of pyridine rings is 1. The minimum Gasteiger partial charge on any atom is -0.383 e. The van der Waals surface area contributed by atoms with Gasteiger partial charge in [-0.1, -0.05) is 29.8 Å². The summed E-state index contributed by atoms with van der Waals surface area (Å²) in [6.45, 7) is 0.739. The first-order chi connectivity index (χ1) is 9.72. The van der Waals surface area contributed by atoms with E-state index in [2.05, 4.69) is 10.3 Å². The van der Waals surface area contributed by atoms with Crippen LogP contribution in [0.15, 0.2) is 54.7 Å². The van der Waals surface area contributed by atoms with Gasteiger partial charge in [0.1, 0.15) is 5.82 Å². The van der Waals surface area contributed by atoms with Crippen molar-refractivity contribution >= 4 is 33.9 Å². The molecule has 0 aliphatic carbocycles. The lowest BCUT2D eigenvalue weighted by atomic mass is 10.1. The SMILES string of the molecule is Nc1nccc2ccc(NCc3ccc(Cl)cc3)cc12. The molecule has 3 aromatic rings. The van der Waals surface area contributed by atoms with E-state index in [0.29, 0.717) is 5.82 Å². The van der Waals surface area contributed by atoms with E-state index in [1.165, 1.54) is 5.56 Å². The lowest BCUT2D eigenvalue weighted by molar-refractivity contribution is 1.15. The van der Waals surface area contributed by atoms with Gasteiger partial charge < -0.3 is 11.1 Å². The van der Waals surface area contributed by atoms with Crippen molar-refractivity contribution in [3.8, 4) is 0 Å². The highest BCUT2D eigenvalue weighted by Gasteiger charge is 2.01. The molecule has 0 atom stereocenters. The van der Waals surface area contributed by atoms with Crippen molar-refractivity contribution in [1.29, 1.82) is 0 Å². The van der Waals surface area contributed by atoms with Crippen molar-refractivity contribution in [3.05, 3.63) is 65.3 Å². The second kappa shape index (κ2) is 5.39. The summed E-state index contributed by atoms with van der Waals surface area (Å²) in [4.78, 5) is 4.11. The molecule has 0 aliphatic heterocycles. The molecule has 20 heavy (non-hydrogen) atoms. The zero-order valence-electron chi connectivity index (χ0n) is 10.8. The molecule has 0 aliphatic rings. The number of rotatable bonds is 3. The van der Waals surface area contributed by atoms with Crippen molar-refractivity contribution < 1.29 is 0 Å². The van der Waals surface area contributed by atoms with E-state index in [0.717, 1.165) is 28.0 Å². The predicted molar refractivity (Wildman–Crippen MR) is 84.9 cm³/mol. The summed E-state index contributed by atoms with van der Waals surface area (Å²) < 4.78 is 0. The minimum absolute atomic E-state index is 0.553. The Hall–Kier alpha value is -2.26. The molecular formula is C16H14ClN3. The number of nitrogen functional groups attached to an aromatic ring is 1. The van der Waals surface area contributed by atoms with Crippen molar-refractivity contribution in [1.82, 2.24) is 4.98 Å². The quantitative estimate of drug-likeness (QED) is 0.761. The summed E-state index contributed by atoms with van der Waals surface area (Å²) >= 11 is 5.87. The van der Waals surface area contributed by atoms with Crippen LogP contribution in [0.2, 0.25) is 5.02 Å². The Morgan fingerprint density at radius 3 is 2.65 bits per heavy atom. The highest BCUT2D eigenvalue weighted by molar-refractivity contribution is 6.30. The summed E-state index contributed by atoms with van der Waals surface area (Å²) in [5.41, 5.74) is 8.09. The van der Waals surface area contributed by atoms with E-state index >= 15 is 0 Å². The fraction of sp³-hybridized carbons (Fsp3) is 0.0625. The highest BCUT2D eigenvalue weighted by Crippen LogP contribution is 2.23. The number of hydrogen-bond acceptors (Lipinski definition) is 3. The van der Waals surface area contributed by atoms with Crippen LogP contribution in [0.4, 0.5) is 11.5 Å². The molecule has 3 N–H and O–H groups in total. The van der Waals surface area contributed by atoms with E-state index in [1.807, 2.05) is 48.5 Å². The van der Waals surface area contributed by atoms with Gasteiger partial charge in [0.2, 0.25) is 0 Å². The van der Waals surface area contributed by atoms with Crippen LogP contribution >= 0.6 is 11.6 Å². The number of halogens is 1. The summed E-state index contributed by atoms with van der Waals surface area (Å²) in [5.74, 6) is 0.553. The number of nitrogens with two attached hydrogens (primary N) is 1. The molecule has 3 rings (SSSR count). The third-order valence-electron chi connectivity index (χ3n) is 3.21. The highest BCUT2D eigenvalue weighted by atomic mass is 35.5. The molecule has 0 amide bonds. The van der Waals surface area contributed by atoms with Gasteiger partial charge in [-0.05, 0) is 41.3 Å². The molecule has 0 fully saturated rings. The van der Waals surface area contributed by atoms with Gasteiger partial charge in [0.25, 0.3) is 0 Å². The zero-order valence-corrected chi connectivity index (χ0v) is 11.6. The monoisotopic (exact) mass is 283 g/mol.